The van der Waals surface area contributed by atoms with Gasteiger partial charge in [0.1, 0.15) is 5.52 Å². The van der Waals surface area contributed by atoms with Gasteiger partial charge in [-0.2, -0.15) is 0 Å². The number of nitrogens with one attached hydrogen (secondary N) is 1. The Bertz CT molecular complexity index is 1110. The molecular formula is C20H16N3O3P. The summed E-state index contributed by atoms with van der Waals surface area (Å²) >= 11 is 0. The highest BCUT2D eigenvalue weighted by atomic mass is 31.2. The number of benzene rings is 3. The summed E-state index contributed by atoms with van der Waals surface area (Å²) in [7, 11) is -3.22. The second-order valence-electron chi connectivity index (χ2n) is 6.06. The molecule has 0 saturated heterocycles. The standard InChI is InChI=1S/C20H16N3O3P/c1-14(24)21-17-12-13-18(20-19(17)22-26-23-20)27(25,15-8-4-2-5-9-15)16-10-6-3-7-11-16/h2-13H,1H3,(H,21,24). The lowest BCUT2D eigenvalue weighted by molar-refractivity contribution is -0.114. The summed E-state index contributed by atoms with van der Waals surface area (Å²) in [5.41, 5.74) is 1.21. The third kappa shape index (κ3) is 2.94. The van der Waals surface area contributed by atoms with Crippen LogP contribution in [0.1, 0.15) is 6.92 Å². The third-order valence-electron chi connectivity index (χ3n) is 4.28. The first-order valence-electron chi connectivity index (χ1n) is 8.35. The zero-order valence-electron chi connectivity index (χ0n) is 14.5. The third-order valence-corrected chi connectivity index (χ3v) is 7.37. The Kier molecular flexibility index (Phi) is 4.34. The van der Waals surface area contributed by atoms with E-state index in [0.717, 1.165) is 0 Å². The molecule has 0 bridgehead atoms. The molecule has 4 rings (SSSR count). The van der Waals surface area contributed by atoms with Crippen LogP contribution in [0.2, 0.25) is 0 Å². The Morgan fingerprint density at radius 2 is 1.41 bits per heavy atom. The van der Waals surface area contributed by atoms with Gasteiger partial charge in [0, 0.05) is 17.5 Å². The van der Waals surface area contributed by atoms with Crippen LogP contribution in [-0.4, -0.2) is 16.2 Å². The van der Waals surface area contributed by atoms with Crippen LogP contribution in [0, 0.1) is 0 Å². The molecule has 0 spiro atoms. The van der Waals surface area contributed by atoms with Gasteiger partial charge in [-0.05, 0) is 22.4 Å². The van der Waals surface area contributed by atoms with Crippen LogP contribution < -0.4 is 21.2 Å². The molecule has 6 nitrogen and oxygen atoms in total. The van der Waals surface area contributed by atoms with Crippen molar-refractivity contribution in [2.75, 3.05) is 5.32 Å². The highest BCUT2D eigenvalue weighted by Crippen LogP contribution is 2.44. The van der Waals surface area contributed by atoms with Crippen molar-refractivity contribution >= 4 is 45.7 Å². The Labute approximate surface area is 155 Å². The van der Waals surface area contributed by atoms with E-state index in [-0.39, 0.29) is 5.91 Å². The van der Waals surface area contributed by atoms with E-state index in [0.29, 0.717) is 32.6 Å². The fourth-order valence-corrected chi connectivity index (χ4v) is 5.87. The summed E-state index contributed by atoms with van der Waals surface area (Å²) in [6.07, 6.45) is 0. The molecular weight excluding hydrogens is 361 g/mol. The zero-order chi connectivity index (χ0) is 18.9. The number of hydrogen-bond acceptors (Lipinski definition) is 5. The summed E-state index contributed by atoms with van der Waals surface area (Å²) in [4.78, 5) is 11.5. The van der Waals surface area contributed by atoms with Crippen LogP contribution in [0.25, 0.3) is 11.0 Å². The van der Waals surface area contributed by atoms with E-state index in [4.69, 9.17) is 4.63 Å². The topological polar surface area (TPSA) is 85.1 Å². The van der Waals surface area contributed by atoms with Gasteiger partial charge in [0.05, 0.1) is 11.0 Å². The monoisotopic (exact) mass is 377 g/mol. The van der Waals surface area contributed by atoms with Crippen molar-refractivity contribution in [3.05, 3.63) is 72.8 Å². The number of anilines is 1. The van der Waals surface area contributed by atoms with Crippen LogP contribution in [-0.2, 0) is 9.36 Å². The molecule has 1 aromatic heterocycles. The molecule has 27 heavy (non-hydrogen) atoms. The van der Waals surface area contributed by atoms with Gasteiger partial charge in [0.15, 0.2) is 12.7 Å². The van der Waals surface area contributed by atoms with Gasteiger partial charge in [0.2, 0.25) is 5.91 Å². The number of fused-ring (bicyclic) bond motifs is 1. The van der Waals surface area contributed by atoms with Crippen molar-refractivity contribution in [3.63, 3.8) is 0 Å². The number of hydrogen-bond donors (Lipinski definition) is 1. The number of carbonyl (C=O) groups is 1. The maximum Gasteiger partial charge on any atom is 0.221 e. The largest absolute Gasteiger partial charge is 0.324 e. The SMILES string of the molecule is CC(=O)Nc1ccc(P(=O)(c2ccccc2)c2ccccc2)c2nonc12. The molecule has 4 aromatic rings. The minimum Gasteiger partial charge on any atom is -0.324 e. The van der Waals surface area contributed by atoms with Gasteiger partial charge >= 0.3 is 0 Å². The maximum absolute atomic E-state index is 14.5. The fourth-order valence-electron chi connectivity index (χ4n) is 3.10. The van der Waals surface area contributed by atoms with Crippen LogP contribution in [0.3, 0.4) is 0 Å². The molecule has 0 fully saturated rings. The molecule has 0 aliphatic rings. The van der Waals surface area contributed by atoms with Gasteiger partial charge in [-0.15, -0.1) is 0 Å². The van der Waals surface area contributed by atoms with E-state index < -0.39 is 7.14 Å². The molecule has 1 heterocycles. The van der Waals surface area contributed by atoms with Crippen molar-refractivity contribution in [2.45, 2.75) is 6.92 Å². The minimum atomic E-state index is -3.22. The molecule has 1 N–H and O–H groups in total. The first kappa shape index (κ1) is 17.2. The van der Waals surface area contributed by atoms with E-state index >= 15 is 0 Å². The van der Waals surface area contributed by atoms with E-state index in [2.05, 4.69) is 15.6 Å². The van der Waals surface area contributed by atoms with Gasteiger partial charge in [-0.1, -0.05) is 60.7 Å². The Morgan fingerprint density at radius 1 is 0.852 bits per heavy atom. The normalized spacial score (nSPS) is 11.4. The van der Waals surface area contributed by atoms with Crippen LogP contribution >= 0.6 is 7.14 Å². The van der Waals surface area contributed by atoms with Crippen LogP contribution in [0.4, 0.5) is 5.69 Å². The van der Waals surface area contributed by atoms with E-state index in [9.17, 15) is 9.36 Å². The number of nitrogens with zero attached hydrogens (tertiary/aromatic N) is 2. The zero-order valence-corrected chi connectivity index (χ0v) is 15.4. The van der Waals surface area contributed by atoms with Crippen LogP contribution in [0.15, 0.2) is 77.4 Å². The smallest absolute Gasteiger partial charge is 0.221 e. The van der Waals surface area contributed by atoms with E-state index in [1.807, 2.05) is 60.7 Å². The second-order valence-corrected chi connectivity index (χ2v) is 8.79. The highest BCUT2D eigenvalue weighted by Gasteiger charge is 2.33. The Morgan fingerprint density at radius 3 is 1.96 bits per heavy atom. The fraction of sp³-hybridized carbons (Fsp3) is 0.0500. The predicted octanol–water partition coefficient (Wildman–Crippen LogP) is 2.82. The lowest BCUT2D eigenvalue weighted by atomic mass is 10.2. The summed E-state index contributed by atoms with van der Waals surface area (Å²) < 4.78 is 19.4. The highest BCUT2D eigenvalue weighted by molar-refractivity contribution is 7.85. The van der Waals surface area contributed by atoms with E-state index in [1.165, 1.54) is 6.92 Å². The molecule has 7 heteroatoms. The Hall–Kier alpha value is -3.24. The molecule has 1 amide bonds. The van der Waals surface area contributed by atoms with Gasteiger partial charge in [0.25, 0.3) is 0 Å². The minimum absolute atomic E-state index is 0.235. The Balaban J connectivity index is 2.02. The van der Waals surface area contributed by atoms with Gasteiger partial charge in [-0.25, -0.2) is 4.63 Å². The van der Waals surface area contributed by atoms with Crippen LogP contribution in [0.5, 0.6) is 0 Å². The molecule has 0 radical (unpaired) electrons. The maximum atomic E-state index is 14.5. The van der Waals surface area contributed by atoms with Gasteiger partial charge in [-0.3, -0.25) is 4.79 Å². The van der Waals surface area contributed by atoms with Crippen molar-refractivity contribution in [3.8, 4) is 0 Å². The first-order chi connectivity index (χ1) is 13.1. The van der Waals surface area contributed by atoms with Crippen molar-refractivity contribution in [2.24, 2.45) is 0 Å². The summed E-state index contributed by atoms with van der Waals surface area (Å²) in [6, 6.07) is 22.0. The predicted molar refractivity (Wildman–Crippen MR) is 106 cm³/mol. The lowest BCUT2D eigenvalue weighted by Gasteiger charge is -2.20. The second kappa shape index (κ2) is 6.82. The molecule has 134 valence electrons. The first-order valence-corrected chi connectivity index (χ1v) is 10.1. The number of rotatable bonds is 4. The number of amides is 1. The molecule has 0 aliphatic carbocycles. The quantitative estimate of drug-likeness (QED) is 0.553. The molecule has 0 saturated carbocycles. The van der Waals surface area contributed by atoms with Crippen molar-refractivity contribution in [1.29, 1.82) is 0 Å². The molecule has 3 aromatic carbocycles. The van der Waals surface area contributed by atoms with Gasteiger partial charge < -0.3 is 9.88 Å². The van der Waals surface area contributed by atoms with E-state index in [1.54, 1.807) is 12.1 Å². The van der Waals surface area contributed by atoms with Crippen molar-refractivity contribution < 1.29 is 14.0 Å². The molecule has 0 unspecified atom stereocenters. The van der Waals surface area contributed by atoms with Crippen molar-refractivity contribution in [1.82, 2.24) is 10.3 Å². The average Bonchev–Trinajstić information content (AvgIpc) is 3.19. The molecule has 0 aliphatic heterocycles. The summed E-state index contributed by atoms with van der Waals surface area (Å²) in [5, 5.41) is 12.5. The number of aromatic nitrogens is 2. The summed E-state index contributed by atoms with van der Waals surface area (Å²) in [6.45, 7) is 1.41. The average molecular weight is 377 g/mol. The molecule has 0 atom stereocenters. The number of carbonyl (C=O) groups excluding carboxylic acids is 1. The summed E-state index contributed by atoms with van der Waals surface area (Å²) in [5.74, 6) is -0.235. The lowest BCUT2D eigenvalue weighted by Crippen LogP contribution is -2.26.